The molecule has 2 heterocycles. The Hall–Kier alpha value is -3.24. The minimum Gasteiger partial charge on any atom is -0.462 e. The molecule has 0 spiro atoms. The second-order valence-corrected chi connectivity index (χ2v) is 10.4. The molecule has 13 nitrogen and oxygen atoms in total. The van der Waals surface area contributed by atoms with Crippen LogP contribution in [0.4, 0.5) is 5.82 Å². The average Bonchev–Trinajstić information content (AvgIpc) is 3.08. The van der Waals surface area contributed by atoms with E-state index in [-0.39, 0.29) is 11.6 Å². The van der Waals surface area contributed by atoms with Crippen molar-refractivity contribution in [2.45, 2.75) is 63.9 Å². The number of carbonyl (C=O) groups excluding carboxylic acids is 1. The van der Waals surface area contributed by atoms with Gasteiger partial charge in [-0.05, 0) is 45.9 Å². The summed E-state index contributed by atoms with van der Waals surface area (Å²) in [5, 5.41) is 24.7. The largest absolute Gasteiger partial charge is 0.462 e. The van der Waals surface area contributed by atoms with E-state index in [0.717, 1.165) is 4.57 Å². The van der Waals surface area contributed by atoms with E-state index in [4.69, 9.17) is 24.3 Å². The first-order valence-corrected chi connectivity index (χ1v) is 13.2. The lowest BCUT2D eigenvalue weighted by Gasteiger charge is -2.26. The molecule has 6 atom stereocenters. The van der Waals surface area contributed by atoms with Crippen molar-refractivity contribution in [2.75, 3.05) is 12.3 Å². The topological polar surface area (TPSA) is 184 Å². The third-order valence-electron chi connectivity index (χ3n) is 5.35. The lowest BCUT2D eigenvalue weighted by molar-refractivity contribution is -0.149. The molecule has 1 aliphatic rings. The highest BCUT2D eigenvalue weighted by molar-refractivity contribution is 7.52. The molecule has 38 heavy (non-hydrogen) atoms. The van der Waals surface area contributed by atoms with Crippen LogP contribution in [-0.2, 0) is 23.4 Å². The SMILES string of the molecule is CC#C[C@@]1(O)C(O)[C@@H](COP(=O)(N[C@@H](C)C(=O)OC(C)C)Oc2ccccc2)O[C@H]1n1ccc(N)nc1=O. The number of nitrogens with two attached hydrogens (primary N) is 1. The van der Waals surface area contributed by atoms with Gasteiger partial charge in [-0.3, -0.25) is 13.9 Å². The molecule has 1 fully saturated rings. The Kier molecular flexibility index (Phi) is 9.32. The van der Waals surface area contributed by atoms with Crippen molar-refractivity contribution in [3.05, 3.63) is 53.1 Å². The van der Waals surface area contributed by atoms with Crippen molar-refractivity contribution in [3.8, 4) is 17.6 Å². The number of anilines is 1. The molecule has 0 amide bonds. The zero-order valence-corrected chi connectivity index (χ0v) is 22.2. The predicted octanol–water partition coefficient (Wildman–Crippen LogP) is 0.972. The van der Waals surface area contributed by atoms with Crippen molar-refractivity contribution in [3.63, 3.8) is 0 Å². The summed E-state index contributed by atoms with van der Waals surface area (Å²) in [5.41, 5.74) is 2.44. The van der Waals surface area contributed by atoms with Gasteiger partial charge >= 0.3 is 19.4 Å². The minimum atomic E-state index is -4.30. The number of benzene rings is 1. The molecule has 2 aromatic rings. The predicted molar refractivity (Wildman–Crippen MR) is 136 cm³/mol. The summed E-state index contributed by atoms with van der Waals surface area (Å²) in [7, 11) is -4.30. The molecule has 1 aromatic carbocycles. The van der Waals surface area contributed by atoms with Crippen LogP contribution in [0.3, 0.4) is 0 Å². The zero-order chi connectivity index (χ0) is 28.1. The van der Waals surface area contributed by atoms with Crippen molar-refractivity contribution in [1.29, 1.82) is 0 Å². The van der Waals surface area contributed by atoms with Crippen molar-refractivity contribution < 1.29 is 38.1 Å². The number of nitrogens with zero attached hydrogens (tertiary/aromatic N) is 2. The number of hydrogen-bond donors (Lipinski definition) is 4. The van der Waals surface area contributed by atoms with E-state index < -0.39 is 62.2 Å². The van der Waals surface area contributed by atoms with Crippen LogP contribution < -0.4 is 21.0 Å². The Morgan fingerprint density at radius 2 is 2.00 bits per heavy atom. The number of para-hydroxylation sites is 1. The van der Waals surface area contributed by atoms with Crippen LogP contribution in [0.1, 0.15) is 33.9 Å². The molecule has 2 unspecified atom stereocenters. The first-order chi connectivity index (χ1) is 17.9. The fraction of sp³-hybridized carbons (Fsp3) is 0.458. The lowest BCUT2D eigenvalue weighted by Crippen LogP contribution is -2.48. The maximum absolute atomic E-state index is 13.7. The molecule has 3 rings (SSSR count). The monoisotopic (exact) mass is 550 g/mol. The van der Waals surface area contributed by atoms with Gasteiger partial charge in [-0.1, -0.05) is 24.1 Å². The quantitative estimate of drug-likeness (QED) is 0.187. The first kappa shape index (κ1) is 29.3. The molecular formula is C24H31N4O9P. The Balaban J connectivity index is 1.86. The second kappa shape index (κ2) is 12.1. The molecule has 0 saturated carbocycles. The summed E-state index contributed by atoms with van der Waals surface area (Å²) < 4.78 is 36.7. The molecule has 1 saturated heterocycles. The Labute approximate surface area is 219 Å². The number of nitrogens with one attached hydrogen (secondary N) is 1. The van der Waals surface area contributed by atoms with E-state index in [1.807, 2.05) is 0 Å². The number of aliphatic hydroxyl groups excluding tert-OH is 1. The molecule has 14 heteroatoms. The van der Waals surface area contributed by atoms with Crippen molar-refractivity contribution in [2.24, 2.45) is 0 Å². The molecule has 5 N–H and O–H groups in total. The van der Waals surface area contributed by atoms with E-state index in [9.17, 15) is 24.4 Å². The van der Waals surface area contributed by atoms with Crippen LogP contribution in [0.25, 0.3) is 0 Å². The summed E-state index contributed by atoms with van der Waals surface area (Å²) in [5.74, 6) is 4.41. The fourth-order valence-electron chi connectivity index (χ4n) is 3.63. The number of rotatable bonds is 10. The van der Waals surface area contributed by atoms with E-state index in [2.05, 4.69) is 21.9 Å². The summed E-state index contributed by atoms with van der Waals surface area (Å²) in [6.45, 7) is 5.59. The van der Waals surface area contributed by atoms with E-state index in [0.29, 0.717) is 0 Å². The second-order valence-electron chi connectivity index (χ2n) is 8.75. The number of hydrogen-bond acceptors (Lipinski definition) is 11. The maximum Gasteiger partial charge on any atom is 0.459 e. The van der Waals surface area contributed by atoms with Crippen molar-refractivity contribution >= 4 is 19.5 Å². The van der Waals surface area contributed by atoms with Gasteiger partial charge in [-0.2, -0.15) is 10.1 Å². The Bertz CT molecular complexity index is 1290. The summed E-state index contributed by atoms with van der Waals surface area (Å²) >= 11 is 0. The van der Waals surface area contributed by atoms with Gasteiger partial charge in [0.05, 0.1) is 12.7 Å². The zero-order valence-electron chi connectivity index (χ0n) is 21.3. The standard InChI is InChI=1S/C24H31N4O9P/c1-5-12-24(32)20(29)18(36-22(24)28-13-11-19(25)26-23(28)31)14-34-38(33,37-17-9-7-6-8-10-17)27-16(4)21(30)35-15(2)3/h6-11,13,15-16,18,20,22,29,32H,14H2,1-4H3,(H,27,33)(H2,25,26,31)/t16-,18+,20?,22+,24+,38?/m0/s1. The van der Waals surface area contributed by atoms with Crippen LogP contribution in [-0.4, -0.2) is 62.3 Å². The van der Waals surface area contributed by atoms with E-state index >= 15 is 0 Å². The highest BCUT2D eigenvalue weighted by atomic mass is 31.2. The van der Waals surface area contributed by atoms with Gasteiger partial charge in [-0.15, -0.1) is 5.92 Å². The third kappa shape index (κ3) is 6.79. The fourth-order valence-corrected chi connectivity index (χ4v) is 5.13. The molecule has 0 aliphatic carbocycles. The van der Waals surface area contributed by atoms with Gasteiger partial charge in [-0.25, -0.2) is 9.36 Å². The number of aromatic nitrogens is 2. The Morgan fingerprint density at radius 3 is 2.61 bits per heavy atom. The minimum absolute atomic E-state index is 0.0509. The normalized spacial score (nSPS) is 25.2. The van der Waals surface area contributed by atoms with E-state index in [1.54, 1.807) is 32.0 Å². The number of carbonyl (C=O) groups is 1. The molecule has 1 aromatic heterocycles. The highest BCUT2D eigenvalue weighted by Gasteiger charge is 2.56. The maximum atomic E-state index is 13.7. The molecule has 0 radical (unpaired) electrons. The highest BCUT2D eigenvalue weighted by Crippen LogP contribution is 2.47. The van der Waals surface area contributed by atoms with Crippen LogP contribution in [0.5, 0.6) is 5.75 Å². The molecular weight excluding hydrogens is 519 g/mol. The van der Waals surface area contributed by atoms with Gasteiger partial charge < -0.3 is 29.9 Å². The van der Waals surface area contributed by atoms with Gasteiger partial charge in [0.1, 0.15) is 29.8 Å². The number of ether oxygens (including phenoxy) is 2. The number of nitrogen functional groups attached to an aromatic ring is 1. The van der Waals surface area contributed by atoms with Gasteiger partial charge in [0.15, 0.2) is 11.8 Å². The molecule has 1 aliphatic heterocycles. The summed E-state index contributed by atoms with van der Waals surface area (Å²) in [6, 6.07) is 8.28. The third-order valence-corrected chi connectivity index (χ3v) is 6.99. The number of aliphatic hydroxyl groups is 2. The summed E-state index contributed by atoms with van der Waals surface area (Å²) in [6.07, 6.45) is -3.72. The van der Waals surface area contributed by atoms with Crippen molar-refractivity contribution in [1.82, 2.24) is 14.6 Å². The smallest absolute Gasteiger partial charge is 0.459 e. The van der Waals surface area contributed by atoms with Gasteiger partial charge in [0, 0.05) is 6.20 Å². The average molecular weight is 551 g/mol. The van der Waals surface area contributed by atoms with Gasteiger partial charge in [0.2, 0.25) is 0 Å². The van der Waals surface area contributed by atoms with E-state index in [1.165, 1.54) is 38.2 Å². The molecule has 206 valence electrons. The van der Waals surface area contributed by atoms with Crippen LogP contribution in [0, 0.1) is 11.8 Å². The van der Waals surface area contributed by atoms with Gasteiger partial charge in [0.25, 0.3) is 0 Å². The van der Waals surface area contributed by atoms with Crippen LogP contribution in [0.2, 0.25) is 0 Å². The lowest BCUT2D eigenvalue weighted by atomic mass is 9.94. The Morgan fingerprint density at radius 1 is 1.32 bits per heavy atom. The first-order valence-electron chi connectivity index (χ1n) is 11.7. The van der Waals surface area contributed by atoms with Crippen LogP contribution in [0.15, 0.2) is 47.4 Å². The summed E-state index contributed by atoms with van der Waals surface area (Å²) in [4.78, 5) is 28.4. The van der Waals surface area contributed by atoms with Crippen LogP contribution >= 0.6 is 7.75 Å². The number of esters is 1. The molecule has 0 bridgehead atoms.